The number of hydrogen-bond acceptors (Lipinski definition) is 5. The summed E-state index contributed by atoms with van der Waals surface area (Å²) >= 11 is 3.14. The van der Waals surface area contributed by atoms with E-state index in [1.54, 1.807) is 12.1 Å². The number of carbonyl (C=O) groups is 1. The van der Waals surface area contributed by atoms with Gasteiger partial charge in [-0.15, -0.1) is 0 Å². The van der Waals surface area contributed by atoms with Gasteiger partial charge in [0.25, 0.3) is 5.91 Å². The number of hydrogen-bond donors (Lipinski definition) is 1. The van der Waals surface area contributed by atoms with E-state index in [9.17, 15) is 4.79 Å². The summed E-state index contributed by atoms with van der Waals surface area (Å²) in [7, 11) is 1.89. The van der Waals surface area contributed by atoms with Crippen LogP contribution in [0.4, 0.5) is 0 Å². The maximum atomic E-state index is 11.8. The highest BCUT2D eigenvalue weighted by Crippen LogP contribution is 2.16. The van der Waals surface area contributed by atoms with Gasteiger partial charge in [0.1, 0.15) is 0 Å². The highest BCUT2D eigenvalue weighted by Gasteiger charge is 2.14. The number of carbonyl (C=O) groups excluding carboxylic acids is 1. The Morgan fingerprint density at radius 1 is 1.43 bits per heavy atom. The van der Waals surface area contributed by atoms with Crippen LogP contribution in [-0.2, 0) is 13.6 Å². The van der Waals surface area contributed by atoms with Crippen molar-refractivity contribution in [3.63, 3.8) is 0 Å². The summed E-state index contributed by atoms with van der Waals surface area (Å²) in [6.45, 7) is 0.134. The summed E-state index contributed by atoms with van der Waals surface area (Å²) in [5.41, 5.74) is 0.839. The van der Waals surface area contributed by atoms with Gasteiger partial charge in [-0.2, -0.15) is 4.98 Å². The molecule has 0 unspecified atom stereocenters. The maximum Gasteiger partial charge on any atom is 0.287 e. The summed E-state index contributed by atoms with van der Waals surface area (Å²) in [6.07, 6.45) is 1.89. The van der Waals surface area contributed by atoms with Crippen LogP contribution >= 0.6 is 15.9 Å². The fraction of sp³-hybridized carbons (Fsp3) is 0.154. The first-order valence-electron chi connectivity index (χ1n) is 6.11. The molecule has 0 aliphatic rings. The molecule has 0 radical (unpaired) electrons. The molecule has 1 amide bonds. The number of aryl methyl sites for hydroxylation is 1. The fourth-order valence-corrected chi connectivity index (χ4v) is 2.11. The number of amides is 1. The Labute approximate surface area is 128 Å². The molecule has 0 atom stereocenters. The van der Waals surface area contributed by atoms with Gasteiger partial charge in [-0.1, -0.05) is 5.16 Å². The average molecular weight is 351 g/mol. The van der Waals surface area contributed by atoms with Crippen molar-refractivity contribution in [2.75, 3.05) is 0 Å². The molecule has 0 aliphatic heterocycles. The molecule has 0 aliphatic carbocycles. The largest absolute Gasteiger partial charge is 0.444 e. The normalized spacial score (nSPS) is 10.8. The molecule has 3 aromatic rings. The highest BCUT2D eigenvalue weighted by molar-refractivity contribution is 9.10. The number of halogens is 1. The molecule has 0 fully saturated rings. The van der Waals surface area contributed by atoms with Gasteiger partial charge < -0.3 is 18.8 Å². The molecular weight excluding hydrogens is 340 g/mol. The van der Waals surface area contributed by atoms with Crippen LogP contribution in [0.25, 0.3) is 11.5 Å². The third-order valence-electron chi connectivity index (χ3n) is 2.84. The van der Waals surface area contributed by atoms with Gasteiger partial charge in [0.05, 0.1) is 12.2 Å². The molecule has 3 rings (SSSR count). The summed E-state index contributed by atoms with van der Waals surface area (Å²) < 4.78 is 12.6. The van der Waals surface area contributed by atoms with Crippen molar-refractivity contribution in [2.24, 2.45) is 7.05 Å². The standard InChI is InChI=1S/C13H11BrN4O3/c1-18-6-2-3-8(18)12-16-11(21-17-12)7-15-13(19)9-4-5-10(14)20-9/h2-6H,7H2,1H3,(H,15,19). The quantitative estimate of drug-likeness (QED) is 0.780. The van der Waals surface area contributed by atoms with Crippen LogP contribution in [0.15, 0.2) is 44.1 Å². The van der Waals surface area contributed by atoms with Crippen LogP contribution in [0.2, 0.25) is 0 Å². The minimum absolute atomic E-state index is 0.134. The number of aromatic nitrogens is 3. The first-order chi connectivity index (χ1) is 10.1. The van der Waals surface area contributed by atoms with Gasteiger partial charge in [0, 0.05) is 13.2 Å². The summed E-state index contributed by atoms with van der Waals surface area (Å²) in [4.78, 5) is 16.0. The summed E-state index contributed by atoms with van der Waals surface area (Å²) in [5, 5.41) is 6.53. The first kappa shape index (κ1) is 13.6. The second-order valence-corrected chi connectivity index (χ2v) is 5.08. The molecule has 1 N–H and O–H groups in total. The molecule has 7 nitrogen and oxygen atoms in total. The van der Waals surface area contributed by atoms with Crippen LogP contribution < -0.4 is 5.32 Å². The van der Waals surface area contributed by atoms with Crippen LogP contribution in [0.3, 0.4) is 0 Å². The molecule has 3 aromatic heterocycles. The molecule has 0 spiro atoms. The third kappa shape index (κ3) is 2.89. The van der Waals surface area contributed by atoms with E-state index < -0.39 is 0 Å². The molecule has 0 aromatic carbocycles. The SMILES string of the molecule is Cn1cccc1-c1noc(CNC(=O)c2ccc(Br)o2)n1. The van der Waals surface area contributed by atoms with E-state index in [0.717, 1.165) is 5.69 Å². The van der Waals surface area contributed by atoms with Gasteiger partial charge in [-0.25, -0.2) is 0 Å². The van der Waals surface area contributed by atoms with Crippen molar-refractivity contribution in [1.29, 1.82) is 0 Å². The van der Waals surface area contributed by atoms with Crippen molar-refractivity contribution in [1.82, 2.24) is 20.0 Å². The van der Waals surface area contributed by atoms with E-state index in [1.807, 2.05) is 29.9 Å². The molecule has 3 heterocycles. The predicted octanol–water partition coefficient (Wildman–Crippen LogP) is 2.36. The number of nitrogens with zero attached hydrogens (tertiary/aromatic N) is 3. The zero-order valence-corrected chi connectivity index (χ0v) is 12.6. The maximum absolute atomic E-state index is 11.8. The van der Waals surface area contributed by atoms with Crippen molar-refractivity contribution in [3.05, 3.63) is 46.8 Å². The van der Waals surface area contributed by atoms with Crippen molar-refractivity contribution >= 4 is 21.8 Å². The third-order valence-corrected chi connectivity index (χ3v) is 3.26. The lowest BCUT2D eigenvalue weighted by Crippen LogP contribution is -2.22. The highest BCUT2D eigenvalue weighted by atomic mass is 79.9. The Morgan fingerprint density at radius 2 is 2.29 bits per heavy atom. The van der Waals surface area contributed by atoms with Crippen LogP contribution in [0.1, 0.15) is 16.4 Å². The van der Waals surface area contributed by atoms with E-state index >= 15 is 0 Å². The molecule has 108 valence electrons. The van der Waals surface area contributed by atoms with E-state index in [1.165, 1.54) is 0 Å². The molecule has 0 bridgehead atoms. The summed E-state index contributed by atoms with van der Waals surface area (Å²) in [6, 6.07) is 6.99. The zero-order chi connectivity index (χ0) is 14.8. The Hall–Kier alpha value is -2.35. The van der Waals surface area contributed by atoms with Gasteiger partial charge in [0.15, 0.2) is 10.4 Å². The molecule has 0 saturated carbocycles. The van der Waals surface area contributed by atoms with Crippen molar-refractivity contribution in [3.8, 4) is 11.5 Å². The van der Waals surface area contributed by atoms with Crippen LogP contribution in [0, 0.1) is 0 Å². The van der Waals surface area contributed by atoms with E-state index in [4.69, 9.17) is 8.94 Å². The lowest BCUT2D eigenvalue weighted by Gasteiger charge is -1.98. The minimum atomic E-state index is -0.348. The predicted molar refractivity (Wildman–Crippen MR) is 76.3 cm³/mol. The zero-order valence-electron chi connectivity index (χ0n) is 11.0. The van der Waals surface area contributed by atoms with E-state index in [2.05, 4.69) is 31.4 Å². The molecular formula is C13H11BrN4O3. The smallest absolute Gasteiger partial charge is 0.287 e. The topological polar surface area (TPSA) is 86.1 Å². The van der Waals surface area contributed by atoms with Gasteiger partial charge >= 0.3 is 0 Å². The van der Waals surface area contributed by atoms with Gasteiger partial charge in [-0.05, 0) is 40.2 Å². The monoisotopic (exact) mass is 350 g/mol. The van der Waals surface area contributed by atoms with E-state index in [-0.39, 0.29) is 18.2 Å². The van der Waals surface area contributed by atoms with Crippen LogP contribution in [-0.4, -0.2) is 20.6 Å². The Kier molecular flexibility index (Phi) is 3.61. The first-order valence-corrected chi connectivity index (χ1v) is 6.90. The van der Waals surface area contributed by atoms with Gasteiger partial charge in [0.2, 0.25) is 11.7 Å². The lowest BCUT2D eigenvalue weighted by molar-refractivity contribution is 0.0917. The second-order valence-electron chi connectivity index (χ2n) is 4.30. The fourth-order valence-electron chi connectivity index (χ4n) is 1.80. The van der Waals surface area contributed by atoms with Crippen molar-refractivity contribution < 1.29 is 13.7 Å². The Bertz CT molecular complexity index is 774. The minimum Gasteiger partial charge on any atom is -0.444 e. The number of furan rings is 1. The average Bonchev–Trinajstić information content (AvgIpc) is 3.16. The molecule has 8 heteroatoms. The Morgan fingerprint density at radius 3 is 2.95 bits per heavy atom. The second kappa shape index (κ2) is 5.57. The summed E-state index contributed by atoms with van der Waals surface area (Å²) in [5.74, 6) is 0.668. The number of nitrogens with one attached hydrogen (secondary N) is 1. The van der Waals surface area contributed by atoms with Gasteiger partial charge in [-0.3, -0.25) is 4.79 Å². The molecule has 0 saturated heterocycles. The van der Waals surface area contributed by atoms with E-state index in [0.29, 0.717) is 16.4 Å². The number of rotatable bonds is 4. The molecule has 21 heavy (non-hydrogen) atoms. The lowest BCUT2D eigenvalue weighted by atomic mass is 10.4. The Balaban J connectivity index is 1.65. The van der Waals surface area contributed by atoms with Crippen LogP contribution in [0.5, 0.6) is 0 Å². The van der Waals surface area contributed by atoms with Crippen molar-refractivity contribution in [2.45, 2.75) is 6.54 Å².